The van der Waals surface area contributed by atoms with E-state index in [0.29, 0.717) is 24.1 Å². The third-order valence-corrected chi connectivity index (χ3v) is 1.97. The SMILES string of the molecule is COc1ccc(NCc2noc(C)n2)cn1. The summed E-state index contributed by atoms with van der Waals surface area (Å²) >= 11 is 0. The van der Waals surface area contributed by atoms with Gasteiger partial charge in [-0.3, -0.25) is 0 Å². The fraction of sp³-hybridized carbons (Fsp3) is 0.300. The summed E-state index contributed by atoms with van der Waals surface area (Å²) in [4.78, 5) is 8.14. The van der Waals surface area contributed by atoms with Gasteiger partial charge in [0.25, 0.3) is 0 Å². The second-order valence-electron chi connectivity index (χ2n) is 3.17. The number of ether oxygens (including phenoxy) is 1. The molecule has 84 valence electrons. The van der Waals surface area contributed by atoms with E-state index in [-0.39, 0.29) is 0 Å². The summed E-state index contributed by atoms with van der Waals surface area (Å²) in [5.74, 6) is 1.76. The summed E-state index contributed by atoms with van der Waals surface area (Å²) < 4.78 is 9.81. The maximum absolute atomic E-state index is 4.96. The topological polar surface area (TPSA) is 73.1 Å². The van der Waals surface area contributed by atoms with E-state index in [9.17, 15) is 0 Å². The maximum atomic E-state index is 4.96. The molecule has 16 heavy (non-hydrogen) atoms. The van der Waals surface area contributed by atoms with Crippen molar-refractivity contribution in [3.63, 3.8) is 0 Å². The van der Waals surface area contributed by atoms with Gasteiger partial charge in [0, 0.05) is 13.0 Å². The minimum absolute atomic E-state index is 0.505. The van der Waals surface area contributed by atoms with Crippen LogP contribution < -0.4 is 10.1 Å². The van der Waals surface area contributed by atoms with E-state index in [0.717, 1.165) is 5.69 Å². The molecule has 6 nitrogen and oxygen atoms in total. The van der Waals surface area contributed by atoms with E-state index in [1.807, 2.05) is 6.07 Å². The van der Waals surface area contributed by atoms with Gasteiger partial charge in [0.1, 0.15) is 0 Å². The molecule has 0 atom stereocenters. The second kappa shape index (κ2) is 4.61. The Labute approximate surface area is 92.7 Å². The first-order valence-electron chi connectivity index (χ1n) is 4.81. The molecule has 2 aromatic heterocycles. The van der Waals surface area contributed by atoms with E-state index in [4.69, 9.17) is 9.26 Å². The van der Waals surface area contributed by atoms with E-state index in [1.165, 1.54) is 0 Å². The molecular weight excluding hydrogens is 208 g/mol. The number of hydrogen-bond donors (Lipinski definition) is 1. The van der Waals surface area contributed by atoms with Gasteiger partial charge in [-0.1, -0.05) is 5.16 Å². The minimum Gasteiger partial charge on any atom is -0.481 e. The molecule has 0 bridgehead atoms. The van der Waals surface area contributed by atoms with Crippen LogP contribution in [0.25, 0.3) is 0 Å². The zero-order valence-corrected chi connectivity index (χ0v) is 9.10. The fourth-order valence-corrected chi connectivity index (χ4v) is 1.20. The number of anilines is 1. The molecule has 0 aliphatic heterocycles. The van der Waals surface area contributed by atoms with Gasteiger partial charge in [-0.25, -0.2) is 4.98 Å². The predicted octanol–water partition coefficient (Wildman–Crippen LogP) is 1.39. The molecule has 0 aliphatic carbocycles. The molecule has 2 heterocycles. The van der Waals surface area contributed by atoms with E-state index in [2.05, 4.69) is 20.4 Å². The van der Waals surface area contributed by atoms with Crippen molar-refractivity contribution in [3.8, 4) is 5.88 Å². The van der Waals surface area contributed by atoms with E-state index < -0.39 is 0 Å². The molecule has 0 spiro atoms. The Morgan fingerprint density at radius 3 is 2.88 bits per heavy atom. The highest BCUT2D eigenvalue weighted by Gasteiger charge is 2.01. The van der Waals surface area contributed by atoms with Crippen LogP contribution in [0.5, 0.6) is 5.88 Å². The van der Waals surface area contributed by atoms with Gasteiger partial charge >= 0.3 is 0 Å². The normalized spacial score (nSPS) is 10.1. The first-order chi connectivity index (χ1) is 7.78. The highest BCUT2D eigenvalue weighted by molar-refractivity contribution is 5.41. The van der Waals surface area contributed by atoms with Crippen LogP contribution in [0.15, 0.2) is 22.9 Å². The van der Waals surface area contributed by atoms with Crippen LogP contribution in [-0.4, -0.2) is 22.2 Å². The molecular formula is C10H12N4O2. The van der Waals surface area contributed by atoms with Crippen LogP contribution in [0.1, 0.15) is 11.7 Å². The van der Waals surface area contributed by atoms with Crippen LogP contribution in [-0.2, 0) is 6.54 Å². The number of aryl methyl sites for hydroxylation is 1. The third-order valence-electron chi connectivity index (χ3n) is 1.97. The minimum atomic E-state index is 0.505. The second-order valence-corrected chi connectivity index (χ2v) is 3.17. The number of hydrogen-bond acceptors (Lipinski definition) is 6. The van der Waals surface area contributed by atoms with Crippen LogP contribution in [0, 0.1) is 6.92 Å². The van der Waals surface area contributed by atoms with Gasteiger partial charge in [-0.2, -0.15) is 4.98 Å². The molecule has 2 rings (SSSR count). The molecule has 6 heteroatoms. The molecule has 0 fully saturated rings. The predicted molar refractivity (Wildman–Crippen MR) is 57.2 cm³/mol. The number of rotatable bonds is 4. The highest BCUT2D eigenvalue weighted by Crippen LogP contribution is 2.11. The van der Waals surface area contributed by atoms with Gasteiger partial charge < -0.3 is 14.6 Å². The van der Waals surface area contributed by atoms with Gasteiger partial charge in [0.05, 0.1) is 25.5 Å². The number of nitrogens with one attached hydrogen (secondary N) is 1. The Bertz CT molecular complexity index is 452. The maximum Gasteiger partial charge on any atom is 0.223 e. The average molecular weight is 220 g/mol. The number of methoxy groups -OCH3 is 1. The Balaban J connectivity index is 1.94. The van der Waals surface area contributed by atoms with Crippen molar-refractivity contribution in [3.05, 3.63) is 30.0 Å². The summed E-state index contributed by atoms with van der Waals surface area (Å²) in [7, 11) is 1.58. The van der Waals surface area contributed by atoms with Crippen LogP contribution in [0.3, 0.4) is 0 Å². The van der Waals surface area contributed by atoms with Crippen molar-refractivity contribution in [2.75, 3.05) is 12.4 Å². The largest absolute Gasteiger partial charge is 0.481 e. The van der Waals surface area contributed by atoms with Gasteiger partial charge in [-0.05, 0) is 6.07 Å². The first-order valence-corrected chi connectivity index (χ1v) is 4.81. The summed E-state index contributed by atoms with van der Waals surface area (Å²) in [6.07, 6.45) is 1.69. The Morgan fingerprint density at radius 1 is 1.44 bits per heavy atom. The molecule has 0 radical (unpaired) electrons. The Hall–Kier alpha value is -2.11. The molecule has 1 N–H and O–H groups in total. The van der Waals surface area contributed by atoms with Gasteiger partial charge in [0.15, 0.2) is 5.82 Å². The Morgan fingerprint density at radius 2 is 2.31 bits per heavy atom. The molecule has 0 saturated carbocycles. The lowest BCUT2D eigenvalue weighted by Crippen LogP contribution is -2.01. The zero-order valence-electron chi connectivity index (χ0n) is 9.10. The van der Waals surface area contributed by atoms with Crippen molar-refractivity contribution >= 4 is 5.69 Å². The van der Waals surface area contributed by atoms with Gasteiger partial charge in [-0.15, -0.1) is 0 Å². The summed E-state index contributed by atoms with van der Waals surface area (Å²) in [6.45, 7) is 2.26. The van der Waals surface area contributed by atoms with Crippen molar-refractivity contribution in [1.82, 2.24) is 15.1 Å². The quantitative estimate of drug-likeness (QED) is 0.839. The first kappa shape index (κ1) is 10.4. The molecule has 0 aromatic carbocycles. The van der Waals surface area contributed by atoms with Gasteiger partial charge in [0.2, 0.25) is 11.8 Å². The van der Waals surface area contributed by atoms with Crippen molar-refractivity contribution < 1.29 is 9.26 Å². The molecule has 0 amide bonds. The highest BCUT2D eigenvalue weighted by atomic mass is 16.5. The van der Waals surface area contributed by atoms with Crippen LogP contribution in [0.4, 0.5) is 5.69 Å². The third kappa shape index (κ3) is 2.47. The Kier molecular flexibility index (Phi) is 3.00. The van der Waals surface area contributed by atoms with E-state index >= 15 is 0 Å². The lowest BCUT2D eigenvalue weighted by atomic mass is 10.4. The zero-order chi connectivity index (χ0) is 11.4. The summed E-state index contributed by atoms with van der Waals surface area (Å²) in [5.41, 5.74) is 0.878. The van der Waals surface area contributed by atoms with Crippen molar-refractivity contribution in [2.45, 2.75) is 13.5 Å². The average Bonchev–Trinajstić information content (AvgIpc) is 2.73. The number of aromatic nitrogens is 3. The van der Waals surface area contributed by atoms with Crippen LogP contribution >= 0.6 is 0 Å². The monoisotopic (exact) mass is 220 g/mol. The van der Waals surface area contributed by atoms with Crippen molar-refractivity contribution in [1.29, 1.82) is 0 Å². The molecule has 0 aliphatic rings. The van der Waals surface area contributed by atoms with E-state index in [1.54, 1.807) is 26.3 Å². The molecule has 2 aromatic rings. The fourth-order valence-electron chi connectivity index (χ4n) is 1.20. The smallest absolute Gasteiger partial charge is 0.223 e. The lowest BCUT2D eigenvalue weighted by Gasteiger charge is -2.03. The van der Waals surface area contributed by atoms with Crippen LogP contribution in [0.2, 0.25) is 0 Å². The lowest BCUT2D eigenvalue weighted by molar-refractivity contribution is 0.388. The summed E-state index contributed by atoms with van der Waals surface area (Å²) in [5, 5.41) is 6.89. The summed E-state index contributed by atoms with van der Waals surface area (Å²) in [6, 6.07) is 3.66. The standard InChI is InChI=1S/C10H12N4O2/c1-7-13-9(14-16-7)6-11-8-3-4-10(15-2)12-5-8/h3-5,11H,6H2,1-2H3. The molecule has 0 unspecified atom stereocenters. The number of nitrogens with zero attached hydrogens (tertiary/aromatic N) is 3. The number of pyridine rings is 1. The van der Waals surface area contributed by atoms with Crippen molar-refractivity contribution in [2.24, 2.45) is 0 Å². The molecule has 0 saturated heterocycles.